The summed E-state index contributed by atoms with van der Waals surface area (Å²) >= 11 is 0. The van der Waals surface area contributed by atoms with E-state index in [-0.39, 0.29) is 23.7 Å². The Balaban J connectivity index is 0.000000300. The number of benzene rings is 2. The maximum Gasteiger partial charge on any atom is 0.137 e. The summed E-state index contributed by atoms with van der Waals surface area (Å²) in [5, 5.41) is 9.90. The third-order valence-corrected chi connectivity index (χ3v) is 6.38. The summed E-state index contributed by atoms with van der Waals surface area (Å²) in [6, 6.07) is 20.5. The van der Waals surface area contributed by atoms with Crippen LogP contribution >= 0.6 is 0 Å². The summed E-state index contributed by atoms with van der Waals surface area (Å²) in [6.07, 6.45) is 4.12. The number of aliphatic hydroxyl groups is 1. The van der Waals surface area contributed by atoms with Gasteiger partial charge in [-0.2, -0.15) is 0 Å². The number of ketones is 1. The van der Waals surface area contributed by atoms with Gasteiger partial charge < -0.3 is 5.11 Å². The summed E-state index contributed by atoms with van der Waals surface area (Å²) < 4.78 is 0. The van der Waals surface area contributed by atoms with Gasteiger partial charge >= 0.3 is 0 Å². The Labute approximate surface area is 184 Å². The van der Waals surface area contributed by atoms with Crippen LogP contribution in [-0.4, -0.2) is 17.0 Å². The Morgan fingerprint density at radius 1 is 0.733 bits per heavy atom. The predicted octanol–water partition coefficient (Wildman–Crippen LogP) is 7.38. The van der Waals surface area contributed by atoms with Gasteiger partial charge in [0.1, 0.15) is 5.78 Å². The molecule has 2 rings (SSSR count). The van der Waals surface area contributed by atoms with Crippen LogP contribution < -0.4 is 0 Å². The molecule has 0 bridgehead atoms. The number of hydrogen-bond donors (Lipinski definition) is 1. The first kappa shape index (κ1) is 26.1. The quantitative estimate of drug-likeness (QED) is 0.443. The fourth-order valence-corrected chi connectivity index (χ4v) is 4.68. The molecule has 0 aliphatic heterocycles. The number of hydrogen-bond acceptors (Lipinski definition) is 2. The molecular formula is C28H42O2. The van der Waals surface area contributed by atoms with Crippen molar-refractivity contribution in [2.75, 3.05) is 0 Å². The summed E-state index contributed by atoms with van der Waals surface area (Å²) in [4.78, 5) is 11.7. The van der Waals surface area contributed by atoms with E-state index in [1.54, 1.807) is 6.92 Å². The molecule has 0 saturated heterocycles. The molecule has 3 atom stereocenters. The maximum absolute atomic E-state index is 11.7. The van der Waals surface area contributed by atoms with E-state index in [4.69, 9.17) is 0 Å². The highest BCUT2D eigenvalue weighted by atomic mass is 16.3. The van der Waals surface area contributed by atoms with E-state index < -0.39 is 0 Å². The predicted molar refractivity (Wildman–Crippen MR) is 129 cm³/mol. The summed E-state index contributed by atoms with van der Waals surface area (Å²) in [5.74, 6) is 1.70. The minimum atomic E-state index is -0.266. The van der Waals surface area contributed by atoms with Crippen LogP contribution in [-0.2, 0) is 4.79 Å². The highest BCUT2D eigenvalue weighted by Gasteiger charge is 2.25. The minimum Gasteiger partial charge on any atom is -0.393 e. The standard InChI is InChI=1S/C14H22O.C14H20O/c2*1-4-12(5-2)14(11(3)15)13-9-7-6-8-10-13/h6-12,14-15H,4-5H2,1-3H3;6-10,12,14H,4-5H2,1-3H3/t11-,14+;14-/m10/s1. The van der Waals surface area contributed by atoms with Crippen LogP contribution in [0.15, 0.2) is 60.7 Å². The molecule has 30 heavy (non-hydrogen) atoms. The van der Waals surface area contributed by atoms with Gasteiger partial charge in [-0.25, -0.2) is 0 Å². The molecule has 2 aromatic carbocycles. The fourth-order valence-electron chi connectivity index (χ4n) is 4.68. The lowest BCUT2D eigenvalue weighted by Gasteiger charge is -2.28. The maximum atomic E-state index is 11.7. The normalized spacial score (nSPS) is 14.0. The first-order valence-corrected chi connectivity index (χ1v) is 11.7. The van der Waals surface area contributed by atoms with Gasteiger partial charge in [-0.1, -0.05) is 114 Å². The Bertz CT molecular complexity index is 685. The van der Waals surface area contributed by atoms with Gasteiger partial charge in [0.25, 0.3) is 0 Å². The van der Waals surface area contributed by atoms with Gasteiger partial charge in [0.05, 0.1) is 6.10 Å². The number of Topliss-reactive ketones (excluding diaryl/α,β-unsaturated/α-hetero) is 1. The lowest BCUT2D eigenvalue weighted by atomic mass is 9.79. The molecule has 0 aliphatic carbocycles. The molecule has 0 aromatic heterocycles. The number of carbonyl (C=O) groups excluding carboxylic acids is 1. The third kappa shape index (κ3) is 7.72. The first-order chi connectivity index (χ1) is 14.4. The number of carbonyl (C=O) groups is 1. The molecule has 0 fully saturated rings. The zero-order chi connectivity index (χ0) is 22.5. The van der Waals surface area contributed by atoms with E-state index in [0.29, 0.717) is 11.8 Å². The van der Waals surface area contributed by atoms with Crippen molar-refractivity contribution in [1.29, 1.82) is 0 Å². The van der Waals surface area contributed by atoms with E-state index in [1.807, 2.05) is 43.3 Å². The van der Waals surface area contributed by atoms with Gasteiger partial charge in [0.2, 0.25) is 0 Å². The van der Waals surface area contributed by atoms with Gasteiger partial charge in [-0.3, -0.25) is 4.79 Å². The lowest BCUT2D eigenvalue weighted by Crippen LogP contribution is -2.22. The Morgan fingerprint density at radius 3 is 1.47 bits per heavy atom. The second-order valence-corrected chi connectivity index (χ2v) is 8.33. The van der Waals surface area contributed by atoms with Crippen molar-refractivity contribution in [3.05, 3.63) is 71.8 Å². The van der Waals surface area contributed by atoms with E-state index in [1.165, 1.54) is 11.1 Å². The summed E-state index contributed by atoms with van der Waals surface area (Å²) in [5.41, 5.74) is 2.43. The van der Waals surface area contributed by atoms with Crippen molar-refractivity contribution in [2.24, 2.45) is 11.8 Å². The van der Waals surface area contributed by atoms with Crippen molar-refractivity contribution in [3.63, 3.8) is 0 Å². The van der Waals surface area contributed by atoms with Crippen LogP contribution in [0.1, 0.15) is 90.2 Å². The Hall–Kier alpha value is -1.93. The van der Waals surface area contributed by atoms with Crippen LogP contribution in [0.3, 0.4) is 0 Å². The second-order valence-electron chi connectivity index (χ2n) is 8.33. The van der Waals surface area contributed by atoms with Crippen molar-refractivity contribution >= 4 is 5.78 Å². The van der Waals surface area contributed by atoms with E-state index >= 15 is 0 Å². The van der Waals surface area contributed by atoms with E-state index in [9.17, 15) is 9.90 Å². The number of rotatable bonds is 10. The fraction of sp³-hybridized carbons (Fsp3) is 0.536. The van der Waals surface area contributed by atoms with Crippen molar-refractivity contribution in [2.45, 2.75) is 85.2 Å². The smallest absolute Gasteiger partial charge is 0.137 e. The minimum absolute atomic E-state index is 0.0844. The van der Waals surface area contributed by atoms with Gasteiger partial charge in [0.15, 0.2) is 0 Å². The van der Waals surface area contributed by atoms with Crippen molar-refractivity contribution in [3.8, 4) is 0 Å². The topological polar surface area (TPSA) is 37.3 Å². The van der Waals surface area contributed by atoms with Crippen LogP contribution in [0, 0.1) is 11.8 Å². The average Bonchev–Trinajstić information content (AvgIpc) is 2.76. The molecule has 166 valence electrons. The van der Waals surface area contributed by atoms with E-state index in [0.717, 1.165) is 25.7 Å². The summed E-state index contributed by atoms with van der Waals surface area (Å²) in [6.45, 7) is 12.3. The zero-order valence-electron chi connectivity index (χ0n) is 19.8. The molecule has 0 saturated carbocycles. The molecular weight excluding hydrogens is 368 g/mol. The molecule has 0 unspecified atom stereocenters. The Morgan fingerprint density at radius 2 is 1.13 bits per heavy atom. The molecule has 1 N–H and O–H groups in total. The van der Waals surface area contributed by atoms with Gasteiger partial charge in [-0.15, -0.1) is 0 Å². The van der Waals surface area contributed by atoms with Gasteiger partial charge in [-0.05, 0) is 36.8 Å². The largest absolute Gasteiger partial charge is 0.393 e. The second kappa shape index (κ2) is 14.1. The molecule has 2 heteroatoms. The van der Waals surface area contributed by atoms with Crippen molar-refractivity contribution < 1.29 is 9.90 Å². The van der Waals surface area contributed by atoms with E-state index in [2.05, 4.69) is 52.0 Å². The molecule has 0 spiro atoms. The van der Waals surface area contributed by atoms with Crippen LogP contribution in [0.2, 0.25) is 0 Å². The summed E-state index contributed by atoms with van der Waals surface area (Å²) in [7, 11) is 0. The molecule has 0 aliphatic rings. The molecule has 2 nitrogen and oxygen atoms in total. The lowest BCUT2D eigenvalue weighted by molar-refractivity contribution is -0.119. The van der Waals surface area contributed by atoms with Crippen LogP contribution in [0.4, 0.5) is 0 Å². The molecule has 0 amide bonds. The van der Waals surface area contributed by atoms with Crippen molar-refractivity contribution in [1.82, 2.24) is 0 Å². The SMILES string of the molecule is CCC(CC)[C@@H](c1ccccc1)[C@@H](C)O.CCC(CC)[C@H](C(C)=O)c1ccccc1. The van der Waals surface area contributed by atoms with Crippen LogP contribution in [0.5, 0.6) is 0 Å². The molecule has 0 radical (unpaired) electrons. The molecule has 0 heterocycles. The monoisotopic (exact) mass is 410 g/mol. The highest BCUT2D eigenvalue weighted by Crippen LogP contribution is 2.32. The average molecular weight is 411 g/mol. The number of aliphatic hydroxyl groups excluding tert-OH is 1. The highest BCUT2D eigenvalue weighted by molar-refractivity contribution is 5.83. The zero-order valence-corrected chi connectivity index (χ0v) is 19.8. The van der Waals surface area contributed by atoms with Crippen LogP contribution in [0.25, 0.3) is 0 Å². The molecule has 2 aromatic rings. The van der Waals surface area contributed by atoms with Gasteiger partial charge in [0, 0.05) is 11.8 Å². The Kier molecular flexibility index (Phi) is 12.3. The third-order valence-electron chi connectivity index (χ3n) is 6.38. The first-order valence-electron chi connectivity index (χ1n) is 11.7.